The maximum absolute atomic E-state index is 13.4. The Bertz CT molecular complexity index is 1190. The molecule has 210 valence electrons. The van der Waals surface area contributed by atoms with Crippen molar-refractivity contribution in [1.82, 2.24) is 9.21 Å². The second-order valence-corrected chi connectivity index (χ2v) is 13.5. The first-order chi connectivity index (χ1) is 17.9. The maximum atomic E-state index is 13.4. The molecule has 0 saturated carbocycles. The van der Waals surface area contributed by atoms with Gasteiger partial charge in [-0.3, -0.25) is 4.90 Å². The number of piperazine rings is 1. The zero-order chi connectivity index (χ0) is 27.3. The van der Waals surface area contributed by atoms with E-state index in [-0.39, 0.29) is 41.0 Å². The number of thiophene rings is 1. The number of nitrogens with zero attached hydrogens (tertiary/aromatic N) is 3. The molecule has 3 aliphatic heterocycles. The minimum Gasteiger partial charge on any atom is -0.393 e. The average molecular weight is 576 g/mol. The second-order valence-electron chi connectivity index (χ2n) is 10.4. The van der Waals surface area contributed by atoms with Crippen LogP contribution in [0.3, 0.4) is 0 Å². The number of hydrogen-bond donors (Lipinski definition) is 2. The summed E-state index contributed by atoms with van der Waals surface area (Å²) in [4.78, 5) is 4.33. The third kappa shape index (κ3) is 5.21. The van der Waals surface area contributed by atoms with Crippen LogP contribution in [0.4, 0.5) is 18.9 Å². The molecule has 3 aliphatic rings. The van der Waals surface area contributed by atoms with Crippen LogP contribution in [0, 0.1) is 0 Å². The fourth-order valence-electron chi connectivity index (χ4n) is 5.72. The van der Waals surface area contributed by atoms with Crippen LogP contribution in [0.5, 0.6) is 0 Å². The number of ether oxygens (including phenoxy) is 1. The van der Waals surface area contributed by atoms with Gasteiger partial charge >= 0.3 is 6.18 Å². The number of rotatable bonds is 6. The molecular weight excluding hydrogens is 543 g/mol. The summed E-state index contributed by atoms with van der Waals surface area (Å²) in [6, 6.07) is 8.66. The molecule has 0 radical (unpaired) electrons. The van der Waals surface area contributed by atoms with E-state index in [0.29, 0.717) is 44.8 Å². The number of sulfonamides is 1. The summed E-state index contributed by atoms with van der Waals surface area (Å²) in [5.74, 6) is 0. The highest BCUT2D eigenvalue weighted by Gasteiger charge is 2.51. The number of fused-ring (bicyclic) bond motifs is 2. The van der Waals surface area contributed by atoms with Gasteiger partial charge in [0, 0.05) is 44.0 Å². The summed E-state index contributed by atoms with van der Waals surface area (Å²) in [6.45, 7) is 3.01. The number of alkyl halides is 3. The van der Waals surface area contributed by atoms with Gasteiger partial charge in [0.2, 0.25) is 0 Å². The Kier molecular flexibility index (Phi) is 7.57. The highest BCUT2D eigenvalue weighted by atomic mass is 32.2. The lowest BCUT2D eigenvalue weighted by molar-refractivity contribution is -0.258. The van der Waals surface area contributed by atoms with Gasteiger partial charge < -0.3 is 19.8 Å². The Morgan fingerprint density at radius 3 is 2.32 bits per heavy atom. The van der Waals surface area contributed by atoms with E-state index in [4.69, 9.17) is 4.74 Å². The molecule has 13 heteroatoms. The average Bonchev–Trinajstić information content (AvgIpc) is 3.40. The molecule has 3 saturated heterocycles. The van der Waals surface area contributed by atoms with Crippen molar-refractivity contribution in [3.05, 3.63) is 47.3 Å². The Morgan fingerprint density at radius 2 is 1.74 bits per heavy atom. The third-order valence-electron chi connectivity index (χ3n) is 7.92. The van der Waals surface area contributed by atoms with Crippen molar-refractivity contribution in [2.24, 2.45) is 0 Å². The predicted molar refractivity (Wildman–Crippen MR) is 137 cm³/mol. The Hall–Kier alpha value is -1.74. The van der Waals surface area contributed by atoms with Gasteiger partial charge in [0.05, 0.1) is 25.4 Å². The number of aliphatic hydroxyl groups excluding tert-OH is 1. The summed E-state index contributed by atoms with van der Waals surface area (Å²) in [7, 11) is -3.68. The van der Waals surface area contributed by atoms with Crippen molar-refractivity contribution >= 4 is 27.0 Å². The minimum absolute atomic E-state index is 0.00730. The summed E-state index contributed by atoms with van der Waals surface area (Å²) in [5.41, 5.74) is -2.59. The lowest BCUT2D eigenvalue weighted by Crippen LogP contribution is -2.64. The zero-order valence-corrected chi connectivity index (χ0v) is 22.6. The molecular formula is C25H32F3N3O5S2. The number of benzene rings is 1. The van der Waals surface area contributed by atoms with Gasteiger partial charge in [0.25, 0.3) is 10.0 Å². The lowest BCUT2D eigenvalue weighted by atomic mass is 9.91. The molecule has 0 amide bonds. The van der Waals surface area contributed by atoms with Gasteiger partial charge in [-0.1, -0.05) is 18.2 Å². The van der Waals surface area contributed by atoms with E-state index in [0.717, 1.165) is 18.3 Å². The van der Waals surface area contributed by atoms with E-state index < -0.39 is 27.9 Å². The molecule has 38 heavy (non-hydrogen) atoms. The monoisotopic (exact) mass is 575 g/mol. The fraction of sp³-hybridized carbons (Fsp3) is 0.600. The first-order valence-corrected chi connectivity index (χ1v) is 14.9. The van der Waals surface area contributed by atoms with Crippen LogP contribution in [0.25, 0.3) is 0 Å². The normalized spacial score (nSPS) is 29.3. The van der Waals surface area contributed by atoms with E-state index in [1.54, 1.807) is 29.6 Å². The molecule has 1 aromatic heterocycles. The minimum atomic E-state index is -4.82. The fourth-order valence-corrected chi connectivity index (χ4v) is 8.34. The van der Waals surface area contributed by atoms with Crippen molar-refractivity contribution in [2.75, 3.05) is 44.3 Å². The van der Waals surface area contributed by atoms with E-state index in [9.17, 15) is 31.8 Å². The van der Waals surface area contributed by atoms with Gasteiger partial charge in [-0.15, -0.1) is 11.3 Å². The van der Waals surface area contributed by atoms with Crippen molar-refractivity contribution in [3.8, 4) is 0 Å². The largest absolute Gasteiger partial charge is 0.421 e. The number of halogens is 3. The summed E-state index contributed by atoms with van der Waals surface area (Å²) in [5, 5.41) is 22.1. The number of piperidine rings is 1. The molecule has 0 aliphatic carbocycles. The number of morpholine rings is 1. The van der Waals surface area contributed by atoms with Crippen molar-refractivity contribution in [3.63, 3.8) is 0 Å². The molecule has 2 N–H and O–H groups in total. The topological polar surface area (TPSA) is 93.6 Å². The number of anilines is 1. The highest BCUT2D eigenvalue weighted by Crippen LogP contribution is 2.39. The zero-order valence-electron chi connectivity index (χ0n) is 20.9. The van der Waals surface area contributed by atoms with Crippen molar-refractivity contribution < 1.29 is 36.5 Å². The summed E-state index contributed by atoms with van der Waals surface area (Å²) < 4.78 is 74.2. The molecule has 5 rings (SSSR count). The Morgan fingerprint density at radius 1 is 1.08 bits per heavy atom. The van der Waals surface area contributed by atoms with Crippen LogP contribution in [-0.2, 0) is 20.4 Å². The van der Waals surface area contributed by atoms with Crippen LogP contribution in [0.2, 0.25) is 0 Å². The SMILES string of the molecule is C[C@](O)(c1ccc(N2CCN(S(=O)(=O)c3cccs3)C[C@@H]2CN2C3COCC2CC(O)C3)cc1)C(F)(F)F. The molecule has 1 aromatic carbocycles. The third-order valence-corrected chi connectivity index (χ3v) is 11.2. The van der Waals surface area contributed by atoms with Gasteiger partial charge in [0.1, 0.15) is 4.21 Å². The summed E-state index contributed by atoms with van der Waals surface area (Å²) >= 11 is 1.16. The highest BCUT2D eigenvalue weighted by molar-refractivity contribution is 7.91. The van der Waals surface area contributed by atoms with E-state index in [1.165, 1.54) is 16.4 Å². The van der Waals surface area contributed by atoms with Crippen LogP contribution < -0.4 is 4.90 Å². The van der Waals surface area contributed by atoms with Gasteiger partial charge in [-0.05, 0) is 48.9 Å². The van der Waals surface area contributed by atoms with E-state index in [1.807, 2.05) is 4.90 Å². The molecule has 8 nitrogen and oxygen atoms in total. The van der Waals surface area contributed by atoms with Gasteiger partial charge in [-0.25, -0.2) is 8.42 Å². The van der Waals surface area contributed by atoms with Crippen molar-refractivity contribution in [2.45, 2.75) is 60.0 Å². The number of hydrogen-bond acceptors (Lipinski definition) is 8. The van der Waals surface area contributed by atoms with E-state index >= 15 is 0 Å². The smallest absolute Gasteiger partial charge is 0.393 e. The quantitative estimate of drug-likeness (QED) is 0.547. The molecule has 2 unspecified atom stereocenters. The molecule has 4 atom stereocenters. The maximum Gasteiger partial charge on any atom is 0.421 e. The first kappa shape index (κ1) is 27.8. The molecule has 2 aromatic rings. The molecule has 0 spiro atoms. The van der Waals surface area contributed by atoms with Crippen molar-refractivity contribution in [1.29, 1.82) is 0 Å². The van der Waals surface area contributed by atoms with Crippen LogP contribution in [0.15, 0.2) is 46.0 Å². The van der Waals surface area contributed by atoms with Gasteiger partial charge in [0.15, 0.2) is 5.60 Å². The molecule has 4 heterocycles. The van der Waals surface area contributed by atoms with Crippen LogP contribution >= 0.6 is 11.3 Å². The van der Waals surface area contributed by atoms with E-state index in [2.05, 4.69) is 4.90 Å². The first-order valence-electron chi connectivity index (χ1n) is 12.6. The summed E-state index contributed by atoms with van der Waals surface area (Å²) in [6.07, 6.45) is -4.09. The van der Waals surface area contributed by atoms with Crippen LogP contribution in [-0.4, -0.2) is 97.6 Å². The standard InChI is InChI=1S/C25H32F3N3O5S2/c1-24(33,25(26,27)28)17-4-6-18(7-5-17)30-9-8-29(38(34,35)23-3-2-10-37-23)13-21(30)14-31-19-11-22(32)12-20(31)16-36-15-19/h2-7,10,19-22,32-33H,8-9,11-16H2,1H3/t19?,20?,21-,22?,24+/m1/s1. The Labute approximate surface area is 224 Å². The van der Waals surface area contributed by atoms with Gasteiger partial charge in [-0.2, -0.15) is 17.5 Å². The predicted octanol–water partition coefficient (Wildman–Crippen LogP) is 2.62. The van der Waals surface area contributed by atoms with Crippen LogP contribution in [0.1, 0.15) is 25.3 Å². The second kappa shape index (κ2) is 10.3. The lowest BCUT2D eigenvalue weighted by Gasteiger charge is -2.51. The Balaban J connectivity index is 1.43. The molecule has 2 bridgehead atoms. The number of aliphatic hydroxyl groups is 2. The molecule has 3 fully saturated rings.